The fourth-order valence-corrected chi connectivity index (χ4v) is 4.40. The molecule has 3 heteroatoms. The van der Waals surface area contributed by atoms with Crippen LogP contribution in [0.2, 0.25) is 0 Å². The SMILES string of the molecule is C=C/C=C(\C=C/C)c1nc(-c2ccccc2)nc2ccc(/C(C=C)=c3\c(/C=C\C)c(C)oc3=C)cc12. The van der Waals surface area contributed by atoms with Gasteiger partial charge in [-0.05, 0) is 44.0 Å². The van der Waals surface area contributed by atoms with Crippen molar-refractivity contribution in [1.82, 2.24) is 9.97 Å². The van der Waals surface area contributed by atoms with Crippen LogP contribution in [0.25, 0.3) is 46.1 Å². The Morgan fingerprint density at radius 2 is 1.75 bits per heavy atom. The molecule has 0 aliphatic heterocycles. The molecule has 178 valence electrons. The van der Waals surface area contributed by atoms with Gasteiger partial charge in [-0.25, -0.2) is 9.97 Å². The van der Waals surface area contributed by atoms with Crippen molar-refractivity contribution in [2.45, 2.75) is 20.8 Å². The molecular weight excluding hydrogens is 440 g/mol. The number of rotatable bonds is 7. The molecule has 0 aliphatic carbocycles. The highest BCUT2D eigenvalue weighted by molar-refractivity contribution is 5.96. The highest BCUT2D eigenvalue weighted by Crippen LogP contribution is 2.29. The number of nitrogens with zero attached hydrogens (tertiary/aromatic N) is 2. The summed E-state index contributed by atoms with van der Waals surface area (Å²) in [5.74, 6) is 1.51. The minimum atomic E-state index is 0.618. The predicted octanol–water partition coefficient (Wildman–Crippen LogP) is 7.17. The Hall–Kier alpha value is -4.50. The first-order valence-electron chi connectivity index (χ1n) is 11.9. The van der Waals surface area contributed by atoms with Gasteiger partial charge >= 0.3 is 0 Å². The van der Waals surface area contributed by atoms with Crippen molar-refractivity contribution < 1.29 is 4.42 Å². The van der Waals surface area contributed by atoms with Gasteiger partial charge in [-0.2, -0.15) is 0 Å². The Balaban J connectivity index is 2.09. The van der Waals surface area contributed by atoms with Crippen molar-refractivity contribution in [1.29, 1.82) is 0 Å². The summed E-state index contributed by atoms with van der Waals surface area (Å²) in [5, 5.41) is 1.88. The molecule has 0 amide bonds. The Morgan fingerprint density at radius 1 is 0.972 bits per heavy atom. The smallest absolute Gasteiger partial charge is 0.160 e. The molecule has 2 aromatic heterocycles. The first kappa shape index (κ1) is 24.6. The molecule has 0 unspecified atom stereocenters. The number of aryl methyl sites for hydroxylation is 1. The van der Waals surface area contributed by atoms with Gasteiger partial charge in [0.1, 0.15) is 11.2 Å². The zero-order valence-electron chi connectivity index (χ0n) is 21.1. The fourth-order valence-electron chi connectivity index (χ4n) is 4.40. The quantitative estimate of drug-likeness (QED) is 0.269. The van der Waals surface area contributed by atoms with Crippen molar-refractivity contribution in [2.24, 2.45) is 0 Å². The molecule has 3 nitrogen and oxygen atoms in total. The largest absolute Gasteiger partial charge is 0.461 e. The van der Waals surface area contributed by atoms with E-state index in [0.717, 1.165) is 55.4 Å². The first-order chi connectivity index (χ1) is 17.5. The average molecular weight is 471 g/mol. The van der Waals surface area contributed by atoms with E-state index in [9.17, 15) is 0 Å². The number of hydrogen-bond acceptors (Lipinski definition) is 3. The van der Waals surface area contributed by atoms with Gasteiger partial charge in [0.25, 0.3) is 0 Å². The van der Waals surface area contributed by atoms with E-state index >= 15 is 0 Å². The molecule has 0 saturated heterocycles. The third-order valence-electron chi connectivity index (χ3n) is 5.97. The Labute approximate surface area is 212 Å². The van der Waals surface area contributed by atoms with Crippen LogP contribution in [0, 0.1) is 6.92 Å². The van der Waals surface area contributed by atoms with E-state index in [1.54, 1.807) is 6.08 Å². The summed E-state index contributed by atoms with van der Waals surface area (Å²) in [6.07, 6.45) is 13.7. The molecule has 2 heterocycles. The average Bonchev–Trinajstić information content (AvgIpc) is 3.17. The molecule has 4 aromatic rings. The van der Waals surface area contributed by atoms with Gasteiger partial charge in [0.2, 0.25) is 0 Å². The summed E-state index contributed by atoms with van der Waals surface area (Å²) in [5.41, 5.74) is 7.19. The van der Waals surface area contributed by atoms with Crippen LogP contribution in [0.4, 0.5) is 0 Å². The van der Waals surface area contributed by atoms with E-state index in [1.807, 2.05) is 93.6 Å². The topological polar surface area (TPSA) is 38.9 Å². The predicted molar refractivity (Wildman–Crippen MR) is 154 cm³/mol. The van der Waals surface area contributed by atoms with Crippen molar-refractivity contribution in [3.63, 3.8) is 0 Å². The third kappa shape index (κ3) is 4.69. The van der Waals surface area contributed by atoms with Crippen LogP contribution in [0.1, 0.15) is 36.4 Å². The number of benzene rings is 2. The summed E-state index contributed by atoms with van der Waals surface area (Å²) >= 11 is 0. The maximum Gasteiger partial charge on any atom is 0.160 e. The molecule has 0 bridgehead atoms. The van der Waals surface area contributed by atoms with E-state index in [0.29, 0.717) is 11.2 Å². The minimum absolute atomic E-state index is 0.618. The molecular formula is C33H30N2O. The van der Waals surface area contributed by atoms with Crippen LogP contribution in [0.15, 0.2) is 103 Å². The number of furan rings is 1. The summed E-state index contributed by atoms with van der Waals surface area (Å²) < 4.78 is 5.90. The maximum absolute atomic E-state index is 5.90. The highest BCUT2D eigenvalue weighted by Gasteiger charge is 2.15. The monoisotopic (exact) mass is 470 g/mol. The normalized spacial score (nSPS) is 13.0. The van der Waals surface area contributed by atoms with Gasteiger partial charge in [0.05, 0.1) is 11.2 Å². The van der Waals surface area contributed by atoms with Gasteiger partial charge in [-0.15, -0.1) is 0 Å². The van der Waals surface area contributed by atoms with E-state index in [1.165, 1.54) is 0 Å². The standard InChI is InChI=1S/C33H30N2O/c1-7-14-24(15-8-2)32-29-21-26(27(10-4)31-23(6)36-22(5)28(31)16-9-3)19-20-30(29)34-33(35-32)25-17-12-11-13-18-25/h7-21H,1,4,6H2,2-3,5H3/b15-8-,16-9-,24-14+,31-27-. The summed E-state index contributed by atoms with van der Waals surface area (Å²) in [7, 11) is 0. The van der Waals surface area contributed by atoms with Crippen LogP contribution < -0.4 is 10.6 Å². The molecule has 0 spiro atoms. The van der Waals surface area contributed by atoms with E-state index < -0.39 is 0 Å². The van der Waals surface area contributed by atoms with E-state index in [4.69, 9.17) is 14.4 Å². The Morgan fingerprint density at radius 3 is 2.42 bits per heavy atom. The molecule has 0 radical (unpaired) electrons. The highest BCUT2D eigenvalue weighted by atomic mass is 16.3. The van der Waals surface area contributed by atoms with Crippen molar-refractivity contribution in [3.8, 4) is 11.4 Å². The van der Waals surface area contributed by atoms with Crippen LogP contribution in [-0.4, -0.2) is 9.97 Å². The fraction of sp³-hybridized carbons (Fsp3) is 0.0909. The van der Waals surface area contributed by atoms with Crippen molar-refractivity contribution >= 4 is 34.7 Å². The molecule has 0 aliphatic rings. The lowest BCUT2D eigenvalue weighted by molar-refractivity contribution is 0.502. The van der Waals surface area contributed by atoms with Crippen LogP contribution in [0.5, 0.6) is 0 Å². The molecule has 2 aromatic carbocycles. The summed E-state index contributed by atoms with van der Waals surface area (Å²) in [4.78, 5) is 9.93. The zero-order chi connectivity index (χ0) is 25.7. The van der Waals surface area contributed by atoms with Gasteiger partial charge in [0.15, 0.2) is 5.82 Å². The first-order valence-corrected chi connectivity index (χ1v) is 11.9. The van der Waals surface area contributed by atoms with E-state index in [-0.39, 0.29) is 0 Å². The molecule has 0 fully saturated rings. The zero-order valence-corrected chi connectivity index (χ0v) is 21.1. The van der Waals surface area contributed by atoms with Gasteiger partial charge in [0, 0.05) is 27.3 Å². The molecule has 36 heavy (non-hydrogen) atoms. The lowest BCUT2D eigenvalue weighted by atomic mass is 9.97. The number of hydrogen-bond donors (Lipinski definition) is 0. The number of allylic oxidation sites excluding steroid dienone is 7. The Bertz CT molecular complexity index is 1650. The van der Waals surface area contributed by atoms with Crippen LogP contribution >= 0.6 is 0 Å². The van der Waals surface area contributed by atoms with E-state index in [2.05, 4.69) is 31.9 Å². The minimum Gasteiger partial charge on any atom is -0.461 e. The Kier molecular flexibility index (Phi) is 7.41. The second kappa shape index (κ2) is 10.8. The van der Waals surface area contributed by atoms with Crippen molar-refractivity contribution in [2.75, 3.05) is 0 Å². The van der Waals surface area contributed by atoms with Gasteiger partial charge in [-0.3, -0.25) is 0 Å². The number of fused-ring (bicyclic) bond motifs is 1. The molecule has 0 saturated carbocycles. The van der Waals surface area contributed by atoms with Crippen molar-refractivity contribution in [3.05, 3.63) is 131 Å². The lowest BCUT2D eigenvalue weighted by Gasteiger charge is -2.12. The maximum atomic E-state index is 5.90. The molecule has 4 rings (SSSR count). The third-order valence-corrected chi connectivity index (χ3v) is 5.97. The summed E-state index contributed by atoms with van der Waals surface area (Å²) in [6, 6.07) is 16.3. The van der Waals surface area contributed by atoms with Gasteiger partial charge < -0.3 is 4.42 Å². The van der Waals surface area contributed by atoms with Crippen LogP contribution in [-0.2, 0) is 0 Å². The molecule has 0 N–H and O–H groups in total. The number of aromatic nitrogens is 2. The lowest BCUT2D eigenvalue weighted by Crippen LogP contribution is -2.23. The summed E-state index contributed by atoms with van der Waals surface area (Å²) in [6.45, 7) is 18.1. The van der Waals surface area contributed by atoms with Gasteiger partial charge in [-0.1, -0.05) is 98.7 Å². The second-order valence-electron chi connectivity index (χ2n) is 8.34. The van der Waals surface area contributed by atoms with Crippen LogP contribution in [0.3, 0.4) is 0 Å². The second-order valence-corrected chi connectivity index (χ2v) is 8.34. The molecule has 0 atom stereocenters.